The Bertz CT molecular complexity index is 459. The molecule has 0 aromatic carbocycles. The predicted octanol–water partition coefficient (Wildman–Crippen LogP) is 2.84. The standard InChI is InChI=1S/C15H24N4O.2ClH/c1-15(2,11-16)14(20)18-12-6-7-13(17-10-12)19-8-4-3-5-9-19;;/h6-7,10H,3-5,8-9,11,16H2,1-2H3,(H,18,20);2*1H. The van der Waals surface area contributed by atoms with Crippen LogP contribution in [0.5, 0.6) is 0 Å². The van der Waals surface area contributed by atoms with Gasteiger partial charge in [-0.25, -0.2) is 4.98 Å². The molecule has 22 heavy (non-hydrogen) atoms. The summed E-state index contributed by atoms with van der Waals surface area (Å²) in [5.41, 5.74) is 5.76. The van der Waals surface area contributed by atoms with Crippen molar-refractivity contribution < 1.29 is 4.79 Å². The number of hydrogen-bond acceptors (Lipinski definition) is 4. The van der Waals surface area contributed by atoms with E-state index in [1.165, 1.54) is 19.3 Å². The van der Waals surface area contributed by atoms with Gasteiger partial charge in [0.25, 0.3) is 0 Å². The highest BCUT2D eigenvalue weighted by molar-refractivity contribution is 5.94. The number of amides is 1. The fourth-order valence-corrected chi connectivity index (χ4v) is 2.16. The molecule has 1 aliphatic heterocycles. The number of carbonyl (C=O) groups excluding carboxylic acids is 1. The van der Waals surface area contributed by atoms with Gasteiger partial charge in [-0.3, -0.25) is 4.79 Å². The van der Waals surface area contributed by atoms with Gasteiger partial charge in [-0.1, -0.05) is 0 Å². The zero-order chi connectivity index (χ0) is 14.6. The Morgan fingerprint density at radius 1 is 1.27 bits per heavy atom. The molecular weight excluding hydrogens is 323 g/mol. The Morgan fingerprint density at radius 2 is 1.91 bits per heavy atom. The maximum Gasteiger partial charge on any atom is 0.231 e. The van der Waals surface area contributed by atoms with Crippen molar-refractivity contribution in [2.75, 3.05) is 29.9 Å². The summed E-state index contributed by atoms with van der Waals surface area (Å²) in [4.78, 5) is 18.8. The monoisotopic (exact) mass is 348 g/mol. The van der Waals surface area contributed by atoms with Crippen molar-refractivity contribution in [3.63, 3.8) is 0 Å². The van der Waals surface area contributed by atoms with Crippen molar-refractivity contribution >= 4 is 42.2 Å². The van der Waals surface area contributed by atoms with Crippen molar-refractivity contribution in [2.24, 2.45) is 11.1 Å². The number of nitrogens with zero attached hydrogens (tertiary/aromatic N) is 2. The van der Waals surface area contributed by atoms with Crippen LogP contribution in [0.3, 0.4) is 0 Å². The van der Waals surface area contributed by atoms with Crippen LogP contribution in [0.15, 0.2) is 18.3 Å². The van der Waals surface area contributed by atoms with Gasteiger partial charge in [0.15, 0.2) is 0 Å². The maximum atomic E-state index is 12.0. The van der Waals surface area contributed by atoms with E-state index in [9.17, 15) is 4.79 Å². The van der Waals surface area contributed by atoms with Gasteiger partial charge in [-0.05, 0) is 45.2 Å². The van der Waals surface area contributed by atoms with Gasteiger partial charge >= 0.3 is 0 Å². The topological polar surface area (TPSA) is 71.2 Å². The quantitative estimate of drug-likeness (QED) is 0.877. The molecule has 0 radical (unpaired) electrons. The van der Waals surface area contributed by atoms with Gasteiger partial charge in [0, 0.05) is 19.6 Å². The molecule has 1 saturated heterocycles. The summed E-state index contributed by atoms with van der Waals surface area (Å²) in [5.74, 6) is 0.910. The van der Waals surface area contributed by atoms with E-state index in [-0.39, 0.29) is 30.7 Å². The first-order valence-electron chi connectivity index (χ1n) is 7.25. The number of pyridine rings is 1. The fraction of sp³-hybridized carbons (Fsp3) is 0.600. The summed E-state index contributed by atoms with van der Waals surface area (Å²) < 4.78 is 0. The molecule has 5 nitrogen and oxygen atoms in total. The molecule has 0 atom stereocenters. The molecule has 0 spiro atoms. The average molecular weight is 349 g/mol. The van der Waals surface area contributed by atoms with Gasteiger partial charge in [0.05, 0.1) is 17.3 Å². The van der Waals surface area contributed by atoms with E-state index in [4.69, 9.17) is 5.73 Å². The van der Waals surface area contributed by atoms with E-state index < -0.39 is 5.41 Å². The molecule has 0 unspecified atom stereocenters. The van der Waals surface area contributed by atoms with Gasteiger partial charge in [0.2, 0.25) is 5.91 Å². The lowest BCUT2D eigenvalue weighted by molar-refractivity contribution is -0.123. The van der Waals surface area contributed by atoms with Crippen LogP contribution in [0.1, 0.15) is 33.1 Å². The third-order valence-electron chi connectivity index (χ3n) is 3.81. The van der Waals surface area contributed by atoms with Crippen LogP contribution in [0, 0.1) is 5.41 Å². The zero-order valence-electron chi connectivity index (χ0n) is 13.2. The van der Waals surface area contributed by atoms with Crippen molar-refractivity contribution in [1.29, 1.82) is 0 Å². The molecule has 1 fully saturated rings. The predicted molar refractivity (Wildman–Crippen MR) is 96.3 cm³/mol. The molecule has 1 aromatic heterocycles. The van der Waals surface area contributed by atoms with Crippen LogP contribution in [0.4, 0.5) is 11.5 Å². The molecule has 3 N–H and O–H groups in total. The van der Waals surface area contributed by atoms with E-state index in [1.807, 2.05) is 26.0 Å². The van der Waals surface area contributed by atoms with Crippen LogP contribution in [0.25, 0.3) is 0 Å². The van der Waals surface area contributed by atoms with Crippen molar-refractivity contribution in [3.8, 4) is 0 Å². The number of halogens is 2. The van der Waals surface area contributed by atoms with Crippen molar-refractivity contribution in [3.05, 3.63) is 18.3 Å². The third kappa shape index (κ3) is 5.30. The molecule has 0 saturated carbocycles. The van der Waals surface area contributed by atoms with E-state index in [0.29, 0.717) is 6.54 Å². The molecule has 126 valence electrons. The Morgan fingerprint density at radius 3 is 2.41 bits per heavy atom. The summed E-state index contributed by atoms with van der Waals surface area (Å²) in [6.07, 6.45) is 5.48. The summed E-state index contributed by atoms with van der Waals surface area (Å²) in [7, 11) is 0. The van der Waals surface area contributed by atoms with Crippen molar-refractivity contribution in [1.82, 2.24) is 4.98 Å². The maximum absolute atomic E-state index is 12.0. The number of nitrogens with one attached hydrogen (secondary N) is 1. The van der Waals surface area contributed by atoms with Gasteiger partial charge in [-0.15, -0.1) is 24.8 Å². The lowest BCUT2D eigenvalue weighted by Crippen LogP contribution is -2.37. The molecular formula is C15H26Cl2N4O. The van der Waals surface area contributed by atoms with Gasteiger partial charge in [0.1, 0.15) is 5.82 Å². The number of nitrogens with two attached hydrogens (primary N) is 1. The molecule has 1 amide bonds. The first-order chi connectivity index (χ1) is 9.53. The van der Waals surface area contributed by atoms with Crippen molar-refractivity contribution in [2.45, 2.75) is 33.1 Å². The van der Waals surface area contributed by atoms with Crippen LogP contribution in [0.2, 0.25) is 0 Å². The zero-order valence-corrected chi connectivity index (χ0v) is 14.8. The summed E-state index contributed by atoms with van der Waals surface area (Å²) >= 11 is 0. The number of aromatic nitrogens is 1. The molecule has 2 rings (SSSR count). The number of rotatable bonds is 4. The van der Waals surface area contributed by atoms with E-state index in [2.05, 4.69) is 15.2 Å². The van der Waals surface area contributed by atoms with E-state index in [0.717, 1.165) is 24.6 Å². The van der Waals surface area contributed by atoms with E-state index in [1.54, 1.807) is 6.20 Å². The lowest BCUT2D eigenvalue weighted by atomic mass is 9.92. The van der Waals surface area contributed by atoms with Crippen LogP contribution < -0.4 is 16.0 Å². The largest absolute Gasteiger partial charge is 0.357 e. The second-order valence-corrected chi connectivity index (χ2v) is 5.99. The minimum absolute atomic E-state index is 0. The Labute approximate surface area is 144 Å². The normalized spacial score (nSPS) is 14.6. The Balaban J connectivity index is 0.00000220. The average Bonchev–Trinajstić information content (AvgIpc) is 2.49. The van der Waals surface area contributed by atoms with E-state index >= 15 is 0 Å². The smallest absolute Gasteiger partial charge is 0.231 e. The van der Waals surface area contributed by atoms with Gasteiger partial charge in [-0.2, -0.15) is 0 Å². The summed E-state index contributed by atoms with van der Waals surface area (Å²) in [6, 6.07) is 3.87. The SMILES string of the molecule is CC(C)(CN)C(=O)Nc1ccc(N2CCCCC2)nc1.Cl.Cl. The third-order valence-corrected chi connectivity index (χ3v) is 3.81. The summed E-state index contributed by atoms with van der Waals surface area (Å²) in [6.45, 7) is 6.12. The Kier molecular flexibility index (Phi) is 8.74. The first-order valence-corrected chi connectivity index (χ1v) is 7.25. The minimum Gasteiger partial charge on any atom is -0.357 e. The number of piperidine rings is 1. The van der Waals surface area contributed by atoms with Crippen LogP contribution in [-0.2, 0) is 4.79 Å². The first kappa shape index (κ1) is 21.0. The lowest BCUT2D eigenvalue weighted by Gasteiger charge is -2.27. The number of anilines is 2. The highest BCUT2D eigenvalue weighted by Gasteiger charge is 2.25. The Hall–Kier alpha value is -1.04. The number of carbonyl (C=O) groups is 1. The highest BCUT2D eigenvalue weighted by Crippen LogP contribution is 2.20. The second kappa shape index (κ2) is 9.18. The fourth-order valence-electron chi connectivity index (χ4n) is 2.16. The number of hydrogen-bond donors (Lipinski definition) is 2. The molecule has 1 aromatic rings. The highest BCUT2D eigenvalue weighted by atomic mass is 35.5. The van der Waals surface area contributed by atoms with Crippen LogP contribution >= 0.6 is 24.8 Å². The molecule has 2 heterocycles. The second-order valence-electron chi connectivity index (χ2n) is 5.99. The molecule has 0 aliphatic carbocycles. The molecule has 7 heteroatoms. The molecule has 0 bridgehead atoms. The van der Waals surface area contributed by atoms with Gasteiger partial charge < -0.3 is 16.0 Å². The minimum atomic E-state index is -0.564. The molecule has 1 aliphatic rings. The summed E-state index contributed by atoms with van der Waals surface area (Å²) in [5, 5.41) is 2.86. The van der Waals surface area contributed by atoms with Crippen LogP contribution in [-0.4, -0.2) is 30.5 Å².